The van der Waals surface area contributed by atoms with Gasteiger partial charge in [0.05, 0.1) is 27.4 Å². The summed E-state index contributed by atoms with van der Waals surface area (Å²) in [6, 6.07) is 32.0. The molecule has 0 spiro atoms. The molecule has 0 saturated carbocycles. The van der Waals surface area contributed by atoms with E-state index >= 15 is 0 Å². The maximum Gasteiger partial charge on any atom is 0.222 e. The molecule has 5 rings (SSSR count). The van der Waals surface area contributed by atoms with E-state index in [4.69, 9.17) is 18.9 Å². The van der Waals surface area contributed by atoms with Crippen molar-refractivity contribution in [1.82, 2.24) is 0 Å². The lowest BCUT2D eigenvalue weighted by Crippen LogP contribution is -2.28. The Labute approximate surface area is 205 Å². The number of hydrogen-bond acceptors (Lipinski definition) is 6. The van der Waals surface area contributed by atoms with Crippen molar-refractivity contribution in [3.63, 3.8) is 0 Å². The average molecular weight is 469 g/mol. The van der Waals surface area contributed by atoms with Crippen molar-refractivity contribution >= 4 is 22.7 Å². The Balaban J connectivity index is 1.33. The molecule has 1 aliphatic rings. The zero-order valence-electron chi connectivity index (χ0n) is 19.8. The highest BCUT2D eigenvalue weighted by Gasteiger charge is 2.40. The number of rotatable bonds is 8. The number of benzene rings is 4. The molecule has 1 fully saturated rings. The van der Waals surface area contributed by atoms with Gasteiger partial charge in [0.15, 0.2) is 0 Å². The van der Waals surface area contributed by atoms with Crippen LogP contribution in [-0.4, -0.2) is 27.4 Å². The van der Waals surface area contributed by atoms with Crippen LogP contribution in [0.25, 0.3) is 0 Å². The van der Waals surface area contributed by atoms with Crippen LogP contribution in [-0.2, 0) is 15.3 Å². The smallest absolute Gasteiger partial charge is 0.222 e. The highest BCUT2D eigenvalue weighted by molar-refractivity contribution is 5.62. The topological polar surface area (TPSA) is 61.0 Å². The predicted octanol–water partition coefficient (Wildman–Crippen LogP) is 6.44. The molecule has 6 heteroatoms. The quantitative estimate of drug-likeness (QED) is 0.310. The zero-order chi connectivity index (χ0) is 24.1. The number of ether oxygens (including phenoxy) is 4. The van der Waals surface area contributed by atoms with Gasteiger partial charge < -0.3 is 29.6 Å². The van der Waals surface area contributed by atoms with E-state index in [0.29, 0.717) is 13.2 Å². The maximum atomic E-state index is 6.19. The minimum Gasteiger partial charge on any atom is -0.497 e. The third-order valence-corrected chi connectivity index (χ3v) is 5.98. The molecule has 4 aromatic rings. The second-order valence-corrected chi connectivity index (χ2v) is 8.18. The first-order valence-corrected chi connectivity index (χ1v) is 11.5. The lowest BCUT2D eigenvalue weighted by molar-refractivity contribution is -0.129. The molecule has 0 radical (unpaired) electrons. The SMILES string of the molecule is COc1ccc(Nc2ccc(C3(c4ccc(Nc5ccc(OC)cc5)cc4)OCCO3)cc2)cc1. The first-order chi connectivity index (χ1) is 17.2. The Kier molecular flexibility index (Phi) is 6.57. The van der Waals surface area contributed by atoms with E-state index in [1.807, 2.05) is 97.1 Å². The van der Waals surface area contributed by atoms with Gasteiger partial charge in [0.2, 0.25) is 5.79 Å². The van der Waals surface area contributed by atoms with E-state index < -0.39 is 5.79 Å². The van der Waals surface area contributed by atoms with E-state index in [2.05, 4.69) is 10.6 Å². The summed E-state index contributed by atoms with van der Waals surface area (Å²) in [7, 11) is 3.32. The lowest BCUT2D eigenvalue weighted by Gasteiger charge is -2.29. The first kappa shape index (κ1) is 22.8. The molecule has 178 valence electrons. The monoisotopic (exact) mass is 468 g/mol. The predicted molar refractivity (Wildman–Crippen MR) is 138 cm³/mol. The fourth-order valence-electron chi connectivity index (χ4n) is 4.14. The van der Waals surface area contributed by atoms with Gasteiger partial charge in [-0.15, -0.1) is 0 Å². The van der Waals surface area contributed by atoms with Gasteiger partial charge in [0.25, 0.3) is 0 Å². The van der Waals surface area contributed by atoms with Crippen molar-refractivity contribution in [3.8, 4) is 11.5 Å². The lowest BCUT2D eigenvalue weighted by atomic mass is 9.96. The molecule has 35 heavy (non-hydrogen) atoms. The second-order valence-electron chi connectivity index (χ2n) is 8.18. The van der Waals surface area contributed by atoms with E-state index in [-0.39, 0.29) is 0 Å². The van der Waals surface area contributed by atoms with Crippen LogP contribution >= 0.6 is 0 Å². The van der Waals surface area contributed by atoms with Gasteiger partial charge in [0.1, 0.15) is 11.5 Å². The standard InChI is InChI=1S/C29H28N2O4/c1-32-27-15-11-25(12-16-27)30-23-7-3-21(4-8-23)29(34-19-20-35-29)22-5-9-24(10-6-22)31-26-13-17-28(33-2)18-14-26/h3-18,30-31H,19-20H2,1-2H3. The van der Waals surface area contributed by atoms with Crippen LogP contribution in [0, 0.1) is 0 Å². The molecular weight excluding hydrogens is 440 g/mol. The molecule has 0 amide bonds. The molecule has 0 bridgehead atoms. The van der Waals surface area contributed by atoms with Crippen LogP contribution in [0.5, 0.6) is 11.5 Å². The molecule has 0 aromatic heterocycles. The Morgan fingerprint density at radius 1 is 0.514 bits per heavy atom. The van der Waals surface area contributed by atoms with Crippen LogP contribution in [0.4, 0.5) is 22.7 Å². The fourth-order valence-corrected chi connectivity index (χ4v) is 4.14. The molecule has 0 aliphatic carbocycles. The van der Waals surface area contributed by atoms with Gasteiger partial charge in [-0.3, -0.25) is 0 Å². The van der Waals surface area contributed by atoms with Crippen LogP contribution in [0.3, 0.4) is 0 Å². The molecule has 1 saturated heterocycles. The van der Waals surface area contributed by atoms with Crippen LogP contribution in [0.2, 0.25) is 0 Å². The molecule has 1 heterocycles. The summed E-state index contributed by atoms with van der Waals surface area (Å²) in [4.78, 5) is 0. The molecule has 4 aromatic carbocycles. The van der Waals surface area contributed by atoms with E-state index in [1.165, 1.54) is 0 Å². The average Bonchev–Trinajstić information content (AvgIpc) is 3.42. The van der Waals surface area contributed by atoms with Crippen LogP contribution in [0.1, 0.15) is 11.1 Å². The summed E-state index contributed by atoms with van der Waals surface area (Å²) >= 11 is 0. The summed E-state index contributed by atoms with van der Waals surface area (Å²) < 4.78 is 22.8. The normalized spacial score (nSPS) is 14.3. The number of hydrogen-bond donors (Lipinski definition) is 2. The highest BCUT2D eigenvalue weighted by atomic mass is 16.7. The molecule has 1 aliphatic heterocycles. The number of anilines is 4. The third kappa shape index (κ3) is 4.94. The zero-order valence-corrected chi connectivity index (χ0v) is 19.8. The van der Waals surface area contributed by atoms with Crippen molar-refractivity contribution < 1.29 is 18.9 Å². The molecule has 2 N–H and O–H groups in total. The second kappa shape index (κ2) is 10.1. The van der Waals surface area contributed by atoms with E-state index in [0.717, 1.165) is 45.4 Å². The van der Waals surface area contributed by atoms with Crippen molar-refractivity contribution in [2.24, 2.45) is 0 Å². The largest absolute Gasteiger partial charge is 0.497 e. The first-order valence-electron chi connectivity index (χ1n) is 11.5. The van der Waals surface area contributed by atoms with Gasteiger partial charge in [-0.2, -0.15) is 0 Å². The fraction of sp³-hybridized carbons (Fsp3) is 0.172. The summed E-state index contributed by atoms with van der Waals surface area (Å²) in [5.41, 5.74) is 5.83. The third-order valence-electron chi connectivity index (χ3n) is 5.98. The van der Waals surface area contributed by atoms with E-state index in [1.54, 1.807) is 14.2 Å². The minimum absolute atomic E-state index is 0.539. The van der Waals surface area contributed by atoms with Crippen LogP contribution in [0.15, 0.2) is 97.1 Å². The van der Waals surface area contributed by atoms with Crippen LogP contribution < -0.4 is 20.1 Å². The Bertz CT molecular complexity index is 1140. The summed E-state index contributed by atoms with van der Waals surface area (Å²) in [6.07, 6.45) is 0. The highest BCUT2D eigenvalue weighted by Crippen LogP contribution is 2.39. The minimum atomic E-state index is -0.919. The van der Waals surface area contributed by atoms with Crippen molar-refractivity contribution in [2.45, 2.75) is 5.79 Å². The summed E-state index contributed by atoms with van der Waals surface area (Å²) in [5.74, 6) is 0.735. The number of methoxy groups -OCH3 is 2. The molecule has 0 atom stereocenters. The Morgan fingerprint density at radius 2 is 0.829 bits per heavy atom. The van der Waals surface area contributed by atoms with Gasteiger partial charge in [-0.25, -0.2) is 0 Å². The van der Waals surface area contributed by atoms with Gasteiger partial charge in [0, 0.05) is 33.9 Å². The summed E-state index contributed by atoms with van der Waals surface area (Å²) in [5, 5.41) is 6.82. The molecular formula is C29H28N2O4. The maximum absolute atomic E-state index is 6.19. The summed E-state index contributed by atoms with van der Waals surface area (Å²) in [6.45, 7) is 1.08. The van der Waals surface area contributed by atoms with Gasteiger partial charge in [-0.1, -0.05) is 24.3 Å². The van der Waals surface area contributed by atoms with Gasteiger partial charge in [-0.05, 0) is 72.8 Å². The molecule has 6 nitrogen and oxygen atoms in total. The Hall–Kier alpha value is -4.00. The number of nitrogens with one attached hydrogen (secondary N) is 2. The van der Waals surface area contributed by atoms with Gasteiger partial charge >= 0.3 is 0 Å². The van der Waals surface area contributed by atoms with Crippen molar-refractivity contribution in [1.29, 1.82) is 0 Å². The molecule has 0 unspecified atom stereocenters. The van der Waals surface area contributed by atoms with Crippen molar-refractivity contribution in [3.05, 3.63) is 108 Å². The van der Waals surface area contributed by atoms with Crippen molar-refractivity contribution in [2.75, 3.05) is 38.1 Å². The Morgan fingerprint density at radius 3 is 1.14 bits per heavy atom. The van der Waals surface area contributed by atoms with E-state index in [9.17, 15) is 0 Å².